The fraction of sp³-hybridized carbons (Fsp3) is 0.667. The van der Waals surface area contributed by atoms with Crippen LogP contribution in [0.2, 0.25) is 0 Å². The molecule has 6 heteroatoms. The summed E-state index contributed by atoms with van der Waals surface area (Å²) in [4.78, 5) is 6.75. The molecule has 21 heavy (non-hydrogen) atoms. The van der Waals surface area contributed by atoms with Crippen LogP contribution in [-0.2, 0) is 16.4 Å². The van der Waals surface area contributed by atoms with E-state index in [-0.39, 0.29) is 17.5 Å². The molecule has 1 saturated heterocycles. The quantitative estimate of drug-likeness (QED) is 0.892. The van der Waals surface area contributed by atoms with Gasteiger partial charge in [-0.05, 0) is 31.5 Å². The van der Waals surface area contributed by atoms with E-state index >= 15 is 0 Å². The van der Waals surface area contributed by atoms with E-state index in [2.05, 4.69) is 29.0 Å². The number of nitrogens with one attached hydrogen (secondary N) is 1. The largest absolute Gasteiger partial charge is 0.352 e. The van der Waals surface area contributed by atoms with Crippen LogP contribution in [-0.4, -0.2) is 44.0 Å². The van der Waals surface area contributed by atoms with Crippen molar-refractivity contribution in [3.63, 3.8) is 0 Å². The van der Waals surface area contributed by atoms with E-state index in [1.165, 1.54) is 0 Å². The van der Waals surface area contributed by atoms with E-state index in [1.54, 1.807) is 0 Å². The van der Waals surface area contributed by atoms with Gasteiger partial charge < -0.3 is 10.2 Å². The summed E-state index contributed by atoms with van der Waals surface area (Å²) in [6.07, 6.45) is 0. The van der Waals surface area contributed by atoms with Crippen LogP contribution in [0.5, 0.6) is 0 Å². The third-order valence-corrected chi connectivity index (χ3v) is 5.41. The molecule has 1 aromatic rings. The summed E-state index contributed by atoms with van der Waals surface area (Å²) in [7, 11) is -2.89. The summed E-state index contributed by atoms with van der Waals surface area (Å²) in [6, 6.07) is 5.93. The molecule has 118 valence electrons. The molecule has 0 saturated carbocycles. The highest BCUT2D eigenvalue weighted by Gasteiger charge is 2.28. The van der Waals surface area contributed by atoms with Crippen molar-refractivity contribution in [3.05, 3.63) is 23.9 Å². The maximum Gasteiger partial charge on any atom is 0.154 e. The zero-order valence-electron chi connectivity index (χ0n) is 13.0. The van der Waals surface area contributed by atoms with Gasteiger partial charge in [0.25, 0.3) is 0 Å². The van der Waals surface area contributed by atoms with Crippen molar-refractivity contribution in [1.82, 2.24) is 10.3 Å². The summed E-state index contributed by atoms with van der Waals surface area (Å²) < 4.78 is 23.3. The van der Waals surface area contributed by atoms with Gasteiger partial charge in [0.05, 0.1) is 17.2 Å². The molecule has 0 spiro atoms. The molecule has 5 nitrogen and oxygen atoms in total. The van der Waals surface area contributed by atoms with Gasteiger partial charge in [0.15, 0.2) is 9.84 Å². The van der Waals surface area contributed by atoms with Crippen LogP contribution in [0.3, 0.4) is 0 Å². The monoisotopic (exact) mass is 311 g/mol. The van der Waals surface area contributed by atoms with E-state index < -0.39 is 9.84 Å². The first-order valence-corrected chi connectivity index (χ1v) is 9.33. The van der Waals surface area contributed by atoms with Crippen LogP contribution in [0, 0.1) is 5.92 Å². The van der Waals surface area contributed by atoms with Crippen molar-refractivity contribution in [2.75, 3.05) is 29.5 Å². The average Bonchev–Trinajstić information content (AvgIpc) is 2.37. The highest BCUT2D eigenvalue weighted by atomic mass is 32.2. The normalized spacial score (nSPS) is 21.7. The Morgan fingerprint density at radius 3 is 2.86 bits per heavy atom. The Balaban J connectivity index is 2.03. The molecular weight excluding hydrogens is 286 g/mol. The SMILES string of the molecule is CC(C)CNCc1cccc(N2CCS(=O)(=O)CC2C)n1. The molecule has 0 aromatic carbocycles. The molecule has 0 amide bonds. The minimum absolute atomic E-state index is 0.0184. The van der Waals surface area contributed by atoms with Crippen LogP contribution in [0.4, 0.5) is 5.82 Å². The van der Waals surface area contributed by atoms with Crippen LogP contribution < -0.4 is 10.2 Å². The van der Waals surface area contributed by atoms with E-state index in [0.29, 0.717) is 12.5 Å². The maximum absolute atomic E-state index is 11.7. The van der Waals surface area contributed by atoms with E-state index in [0.717, 1.165) is 24.6 Å². The van der Waals surface area contributed by atoms with Crippen molar-refractivity contribution in [1.29, 1.82) is 0 Å². The Morgan fingerprint density at radius 1 is 1.43 bits per heavy atom. The number of hydrogen-bond acceptors (Lipinski definition) is 5. The van der Waals surface area contributed by atoms with Crippen molar-refractivity contribution in [3.8, 4) is 0 Å². The molecule has 1 N–H and O–H groups in total. The molecule has 0 radical (unpaired) electrons. The summed E-state index contributed by atoms with van der Waals surface area (Å²) in [5.41, 5.74) is 0.994. The van der Waals surface area contributed by atoms with Crippen LogP contribution >= 0.6 is 0 Å². The van der Waals surface area contributed by atoms with Gasteiger partial charge in [-0.15, -0.1) is 0 Å². The molecule has 1 unspecified atom stereocenters. The molecule has 2 heterocycles. The summed E-state index contributed by atoms with van der Waals surface area (Å²) in [6.45, 7) is 8.53. The first-order valence-electron chi connectivity index (χ1n) is 7.51. The van der Waals surface area contributed by atoms with Gasteiger partial charge in [0.1, 0.15) is 5.82 Å². The van der Waals surface area contributed by atoms with Gasteiger partial charge in [-0.2, -0.15) is 0 Å². The fourth-order valence-electron chi connectivity index (χ4n) is 2.55. The molecule has 1 fully saturated rings. The number of hydrogen-bond donors (Lipinski definition) is 1. The van der Waals surface area contributed by atoms with Crippen molar-refractivity contribution in [2.45, 2.75) is 33.4 Å². The van der Waals surface area contributed by atoms with E-state index in [9.17, 15) is 8.42 Å². The lowest BCUT2D eigenvalue weighted by Gasteiger charge is -2.34. The molecule has 1 aliphatic rings. The molecule has 1 atom stereocenters. The lowest BCUT2D eigenvalue weighted by molar-refractivity contribution is 0.547. The average molecular weight is 311 g/mol. The highest BCUT2D eigenvalue weighted by molar-refractivity contribution is 7.91. The topological polar surface area (TPSA) is 62.3 Å². The fourth-order valence-corrected chi connectivity index (χ4v) is 4.11. The predicted molar refractivity (Wildman–Crippen MR) is 86.2 cm³/mol. The highest BCUT2D eigenvalue weighted by Crippen LogP contribution is 2.19. The number of aromatic nitrogens is 1. The minimum atomic E-state index is -2.89. The molecule has 2 rings (SSSR count). The van der Waals surface area contributed by atoms with Gasteiger partial charge >= 0.3 is 0 Å². The second-order valence-electron chi connectivity index (χ2n) is 6.17. The molecular formula is C15H25N3O2S. The molecule has 1 aliphatic heterocycles. The smallest absolute Gasteiger partial charge is 0.154 e. The van der Waals surface area contributed by atoms with Crippen molar-refractivity contribution < 1.29 is 8.42 Å². The number of anilines is 1. The van der Waals surface area contributed by atoms with Crippen LogP contribution in [0.1, 0.15) is 26.5 Å². The third-order valence-electron chi connectivity index (χ3n) is 3.62. The standard InChI is InChI=1S/C15H25N3O2S/c1-12(2)9-16-10-14-5-4-6-15(17-14)18-7-8-21(19,20)11-13(18)3/h4-6,12-13,16H,7-11H2,1-3H3. The van der Waals surface area contributed by atoms with Gasteiger partial charge in [0, 0.05) is 19.1 Å². The predicted octanol–water partition coefficient (Wildman–Crippen LogP) is 1.45. The molecule has 0 aliphatic carbocycles. The van der Waals surface area contributed by atoms with Crippen molar-refractivity contribution >= 4 is 15.7 Å². The van der Waals surface area contributed by atoms with Gasteiger partial charge in [-0.25, -0.2) is 13.4 Å². The lowest BCUT2D eigenvalue weighted by Crippen LogP contribution is -2.47. The lowest BCUT2D eigenvalue weighted by atomic mass is 10.2. The molecule has 1 aromatic heterocycles. The second kappa shape index (κ2) is 6.75. The number of nitrogens with zero attached hydrogens (tertiary/aromatic N) is 2. The van der Waals surface area contributed by atoms with Crippen LogP contribution in [0.15, 0.2) is 18.2 Å². The Kier molecular flexibility index (Phi) is 5.22. The van der Waals surface area contributed by atoms with Crippen LogP contribution in [0.25, 0.3) is 0 Å². The second-order valence-corrected chi connectivity index (χ2v) is 8.40. The third kappa shape index (κ3) is 4.68. The minimum Gasteiger partial charge on any atom is -0.352 e. The first-order chi connectivity index (χ1) is 9.87. The maximum atomic E-state index is 11.7. The first kappa shape index (κ1) is 16.2. The molecule has 0 bridgehead atoms. The number of sulfone groups is 1. The number of pyridine rings is 1. The van der Waals surface area contributed by atoms with Gasteiger partial charge in [0.2, 0.25) is 0 Å². The van der Waals surface area contributed by atoms with Gasteiger partial charge in [-0.3, -0.25) is 0 Å². The zero-order valence-corrected chi connectivity index (χ0v) is 13.9. The zero-order chi connectivity index (χ0) is 15.5. The van der Waals surface area contributed by atoms with Crippen molar-refractivity contribution in [2.24, 2.45) is 5.92 Å². The van der Waals surface area contributed by atoms with E-state index in [4.69, 9.17) is 0 Å². The summed E-state index contributed by atoms with van der Waals surface area (Å²) in [5, 5.41) is 3.38. The Labute approximate surface area is 127 Å². The van der Waals surface area contributed by atoms with Gasteiger partial charge in [-0.1, -0.05) is 19.9 Å². The van der Waals surface area contributed by atoms with E-state index in [1.807, 2.05) is 25.1 Å². The summed E-state index contributed by atoms with van der Waals surface area (Å²) in [5.74, 6) is 1.92. The Morgan fingerprint density at radius 2 is 2.19 bits per heavy atom. The number of rotatable bonds is 5. The Bertz CT molecular complexity index is 572. The summed E-state index contributed by atoms with van der Waals surface area (Å²) >= 11 is 0. The Hall–Kier alpha value is -1.14.